The highest BCUT2D eigenvalue weighted by molar-refractivity contribution is 4.74. The molecule has 2 rings (SSSR count). The van der Waals surface area contributed by atoms with Crippen molar-refractivity contribution in [2.75, 3.05) is 32.9 Å². The molecule has 0 unspecified atom stereocenters. The van der Waals surface area contributed by atoms with Gasteiger partial charge in [-0.1, -0.05) is 0 Å². The van der Waals surface area contributed by atoms with Crippen molar-refractivity contribution in [3.8, 4) is 0 Å². The molecular weight excluding hydrogens is 154 g/mol. The van der Waals surface area contributed by atoms with E-state index in [0.29, 0.717) is 6.10 Å². The Labute approximate surface area is 73.4 Å². The van der Waals surface area contributed by atoms with Crippen molar-refractivity contribution in [1.82, 2.24) is 5.32 Å². The Morgan fingerprint density at radius 1 is 1.25 bits per heavy atom. The standard InChI is InChI=1S/C9H17NO2/c1-3-11-4-2-9(1)12-7-8-5-10-6-8/h8-10H,1-7H2. The first-order valence-electron chi connectivity index (χ1n) is 4.85. The zero-order valence-electron chi connectivity index (χ0n) is 7.42. The van der Waals surface area contributed by atoms with E-state index in [0.717, 1.165) is 51.7 Å². The van der Waals surface area contributed by atoms with Crippen molar-refractivity contribution < 1.29 is 9.47 Å². The zero-order valence-corrected chi connectivity index (χ0v) is 7.42. The molecule has 2 aliphatic heterocycles. The lowest BCUT2D eigenvalue weighted by atomic mass is 10.1. The minimum absolute atomic E-state index is 0.472. The van der Waals surface area contributed by atoms with Gasteiger partial charge in [-0.05, 0) is 12.8 Å². The maximum absolute atomic E-state index is 5.77. The Bertz CT molecular complexity index is 130. The second-order valence-corrected chi connectivity index (χ2v) is 3.67. The van der Waals surface area contributed by atoms with Gasteiger partial charge in [0.15, 0.2) is 0 Å². The van der Waals surface area contributed by atoms with E-state index in [1.54, 1.807) is 0 Å². The van der Waals surface area contributed by atoms with E-state index >= 15 is 0 Å². The molecule has 3 heteroatoms. The van der Waals surface area contributed by atoms with Crippen LogP contribution in [0.5, 0.6) is 0 Å². The first kappa shape index (κ1) is 8.48. The van der Waals surface area contributed by atoms with Gasteiger partial charge in [0.25, 0.3) is 0 Å². The van der Waals surface area contributed by atoms with Gasteiger partial charge in [0.05, 0.1) is 12.7 Å². The Balaban J connectivity index is 1.58. The molecular formula is C9H17NO2. The summed E-state index contributed by atoms with van der Waals surface area (Å²) in [6.45, 7) is 4.99. The molecule has 0 spiro atoms. The lowest BCUT2D eigenvalue weighted by Gasteiger charge is -2.30. The maximum atomic E-state index is 5.77. The molecule has 3 nitrogen and oxygen atoms in total. The molecule has 70 valence electrons. The molecule has 2 aliphatic rings. The van der Waals surface area contributed by atoms with Crippen LogP contribution in [-0.4, -0.2) is 39.0 Å². The Hall–Kier alpha value is -0.120. The molecule has 0 atom stereocenters. The predicted molar refractivity (Wildman–Crippen MR) is 46.2 cm³/mol. The van der Waals surface area contributed by atoms with Gasteiger partial charge in [-0.2, -0.15) is 0 Å². The summed E-state index contributed by atoms with van der Waals surface area (Å²) in [5, 5.41) is 3.24. The van der Waals surface area contributed by atoms with Gasteiger partial charge in [-0.15, -0.1) is 0 Å². The molecule has 0 aromatic heterocycles. The van der Waals surface area contributed by atoms with E-state index in [4.69, 9.17) is 9.47 Å². The summed E-state index contributed by atoms with van der Waals surface area (Å²) in [6.07, 6.45) is 2.64. The van der Waals surface area contributed by atoms with Crippen LogP contribution >= 0.6 is 0 Å². The third-order valence-electron chi connectivity index (χ3n) is 2.60. The number of hydrogen-bond donors (Lipinski definition) is 1. The van der Waals surface area contributed by atoms with Crippen molar-refractivity contribution in [3.63, 3.8) is 0 Å². The van der Waals surface area contributed by atoms with E-state index in [-0.39, 0.29) is 0 Å². The van der Waals surface area contributed by atoms with Crippen LogP contribution in [0.3, 0.4) is 0 Å². The Morgan fingerprint density at radius 2 is 2.00 bits per heavy atom. The van der Waals surface area contributed by atoms with E-state index in [1.165, 1.54) is 0 Å². The summed E-state index contributed by atoms with van der Waals surface area (Å²) in [4.78, 5) is 0. The van der Waals surface area contributed by atoms with E-state index in [9.17, 15) is 0 Å². The van der Waals surface area contributed by atoms with Gasteiger partial charge in [0, 0.05) is 32.2 Å². The van der Waals surface area contributed by atoms with Gasteiger partial charge in [0.2, 0.25) is 0 Å². The number of nitrogens with one attached hydrogen (secondary N) is 1. The molecule has 2 heterocycles. The number of ether oxygens (including phenoxy) is 2. The SMILES string of the molecule is C1CC(OCC2CNC2)CCO1. The molecule has 0 saturated carbocycles. The van der Waals surface area contributed by atoms with Crippen LogP contribution in [0.15, 0.2) is 0 Å². The molecule has 2 saturated heterocycles. The summed E-state index contributed by atoms with van der Waals surface area (Å²) < 4.78 is 11.0. The van der Waals surface area contributed by atoms with Gasteiger partial charge >= 0.3 is 0 Å². The molecule has 2 fully saturated rings. The van der Waals surface area contributed by atoms with Gasteiger partial charge in [0.1, 0.15) is 0 Å². The van der Waals surface area contributed by atoms with Crippen molar-refractivity contribution in [2.24, 2.45) is 5.92 Å². The second-order valence-electron chi connectivity index (χ2n) is 3.67. The second kappa shape index (κ2) is 4.21. The predicted octanol–water partition coefficient (Wildman–Crippen LogP) is 0.401. The molecule has 0 aromatic carbocycles. The van der Waals surface area contributed by atoms with Crippen LogP contribution in [0.4, 0.5) is 0 Å². The van der Waals surface area contributed by atoms with Gasteiger partial charge in [-0.3, -0.25) is 0 Å². The fourth-order valence-electron chi connectivity index (χ4n) is 1.58. The summed E-state index contributed by atoms with van der Waals surface area (Å²) in [6, 6.07) is 0. The molecule has 1 N–H and O–H groups in total. The van der Waals surface area contributed by atoms with Gasteiger partial charge < -0.3 is 14.8 Å². The van der Waals surface area contributed by atoms with Crippen LogP contribution in [0.2, 0.25) is 0 Å². The fourth-order valence-corrected chi connectivity index (χ4v) is 1.58. The van der Waals surface area contributed by atoms with E-state index in [2.05, 4.69) is 5.32 Å². The molecule has 0 bridgehead atoms. The molecule has 0 radical (unpaired) electrons. The number of rotatable bonds is 3. The largest absolute Gasteiger partial charge is 0.381 e. The molecule has 0 amide bonds. The van der Waals surface area contributed by atoms with Gasteiger partial charge in [-0.25, -0.2) is 0 Å². The van der Waals surface area contributed by atoms with E-state index in [1.807, 2.05) is 0 Å². The highest BCUT2D eigenvalue weighted by Crippen LogP contribution is 2.13. The zero-order chi connectivity index (χ0) is 8.23. The highest BCUT2D eigenvalue weighted by atomic mass is 16.5. The summed E-state index contributed by atoms with van der Waals surface area (Å²) in [5.74, 6) is 0.771. The van der Waals surface area contributed by atoms with Crippen molar-refractivity contribution in [2.45, 2.75) is 18.9 Å². The van der Waals surface area contributed by atoms with Crippen molar-refractivity contribution in [1.29, 1.82) is 0 Å². The highest BCUT2D eigenvalue weighted by Gasteiger charge is 2.20. The summed E-state index contributed by atoms with van der Waals surface area (Å²) in [5.41, 5.74) is 0. The third kappa shape index (κ3) is 2.19. The Kier molecular flexibility index (Phi) is 2.98. The minimum atomic E-state index is 0.472. The van der Waals surface area contributed by atoms with Crippen LogP contribution < -0.4 is 5.32 Å². The maximum Gasteiger partial charge on any atom is 0.0619 e. The van der Waals surface area contributed by atoms with Crippen LogP contribution in [0.1, 0.15) is 12.8 Å². The van der Waals surface area contributed by atoms with Crippen molar-refractivity contribution >= 4 is 0 Å². The lowest BCUT2D eigenvalue weighted by Crippen LogP contribution is -2.45. The number of hydrogen-bond acceptors (Lipinski definition) is 3. The lowest BCUT2D eigenvalue weighted by molar-refractivity contribution is -0.0475. The molecule has 0 aromatic rings. The monoisotopic (exact) mass is 171 g/mol. The third-order valence-corrected chi connectivity index (χ3v) is 2.60. The average Bonchev–Trinajstić information content (AvgIpc) is 2.04. The quantitative estimate of drug-likeness (QED) is 0.667. The Morgan fingerprint density at radius 3 is 2.58 bits per heavy atom. The van der Waals surface area contributed by atoms with Crippen LogP contribution in [-0.2, 0) is 9.47 Å². The topological polar surface area (TPSA) is 30.5 Å². The molecule has 0 aliphatic carbocycles. The van der Waals surface area contributed by atoms with Crippen molar-refractivity contribution in [3.05, 3.63) is 0 Å². The first-order valence-corrected chi connectivity index (χ1v) is 4.85. The summed E-state index contributed by atoms with van der Waals surface area (Å²) in [7, 11) is 0. The average molecular weight is 171 g/mol. The first-order chi connectivity index (χ1) is 5.95. The fraction of sp³-hybridized carbons (Fsp3) is 1.00. The van der Waals surface area contributed by atoms with E-state index < -0.39 is 0 Å². The normalized spacial score (nSPS) is 27.0. The summed E-state index contributed by atoms with van der Waals surface area (Å²) >= 11 is 0. The minimum Gasteiger partial charge on any atom is -0.381 e. The smallest absolute Gasteiger partial charge is 0.0619 e. The molecule has 12 heavy (non-hydrogen) atoms. The van der Waals surface area contributed by atoms with Crippen LogP contribution in [0, 0.1) is 5.92 Å². The van der Waals surface area contributed by atoms with Crippen LogP contribution in [0.25, 0.3) is 0 Å².